The summed E-state index contributed by atoms with van der Waals surface area (Å²) in [5.74, 6) is -0.771. The van der Waals surface area contributed by atoms with E-state index < -0.39 is 5.97 Å². The number of hydrogen-bond acceptors (Lipinski definition) is 6. The van der Waals surface area contributed by atoms with Gasteiger partial charge >= 0.3 is 5.97 Å². The van der Waals surface area contributed by atoms with Crippen molar-refractivity contribution in [2.45, 2.75) is 26.8 Å². The molecule has 0 spiro atoms. The third kappa shape index (κ3) is 5.01. The number of aromatic nitrogens is 2. The third-order valence-electron chi connectivity index (χ3n) is 5.08. The molecule has 0 aliphatic rings. The van der Waals surface area contributed by atoms with Gasteiger partial charge in [0.2, 0.25) is 5.91 Å². The lowest BCUT2D eigenvalue weighted by atomic mass is 10.1. The quantitative estimate of drug-likeness (QED) is 0.405. The van der Waals surface area contributed by atoms with Crippen molar-refractivity contribution in [3.63, 3.8) is 0 Å². The lowest BCUT2D eigenvalue weighted by Crippen LogP contribution is -2.27. The van der Waals surface area contributed by atoms with Gasteiger partial charge in [0.15, 0.2) is 0 Å². The third-order valence-corrected chi connectivity index (χ3v) is 5.97. The summed E-state index contributed by atoms with van der Waals surface area (Å²) in [7, 11) is 0. The molecule has 1 N–H and O–H groups in total. The van der Waals surface area contributed by atoms with Gasteiger partial charge in [0.05, 0.1) is 23.9 Å². The highest BCUT2D eigenvalue weighted by molar-refractivity contribution is 7.17. The molecule has 0 bridgehead atoms. The van der Waals surface area contributed by atoms with Crippen LogP contribution in [0.15, 0.2) is 65.0 Å². The summed E-state index contributed by atoms with van der Waals surface area (Å²) in [5, 5.41) is 5.17. The topological polar surface area (TPSA) is 90.3 Å². The van der Waals surface area contributed by atoms with Gasteiger partial charge in [-0.05, 0) is 43.2 Å². The molecule has 0 unspecified atom stereocenters. The first-order chi connectivity index (χ1) is 16.0. The smallest absolute Gasteiger partial charge is 0.338 e. The number of rotatable bonds is 7. The van der Waals surface area contributed by atoms with Crippen molar-refractivity contribution in [3.8, 4) is 11.1 Å². The minimum atomic E-state index is -0.402. The van der Waals surface area contributed by atoms with E-state index >= 15 is 0 Å². The number of amides is 1. The Morgan fingerprint density at radius 2 is 1.82 bits per heavy atom. The standard InChI is InChI=1S/C25H23N3O4S/c1-3-12-32-25(31)18-8-10-19(11-9-18)27-21(29)13-28-15-26-23-22(24(28)30)20(14-33-23)17-6-4-16(2)5-7-17/h4-11,14-15H,3,12-13H2,1-2H3,(H,27,29). The number of carbonyl (C=O) groups excluding carboxylic acids is 2. The van der Waals surface area contributed by atoms with E-state index in [0.717, 1.165) is 23.1 Å². The molecule has 1 amide bonds. The van der Waals surface area contributed by atoms with Gasteiger partial charge in [-0.3, -0.25) is 14.2 Å². The molecule has 0 atom stereocenters. The van der Waals surface area contributed by atoms with Crippen LogP contribution in [0.25, 0.3) is 21.3 Å². The lowest BCUT2D eigenvalue weighted by Gasteiger charge is -2.09. The number of benzene rings is 2. The van der Waals surface area contributed by atoms with Crippen LogP contribution in [0.1, 0.15) is 29.3 Å². The average molecular weight is 462 g/mol. The molecule has 7 nitrogen and oxygen atoms in total. The summed E-state index contributed by atoms with van der Waals surface area (Å²) in [6.45, 7) is 4.12. The minimum Gasteiger partial charge on any atom is -0.462 e. The first-order valence-corrected chi connectivity index (χ1v) is 11.4. The Morgan fingerprint density at radius 3 is 2.52 bits per heavy atom. The summed E-state index contributed by atoms with van der Waals surface area (Å²) < 4.78 is 6.40. The predicted molar refractivity (Wildman–Crippen MR) is 130 cm³/mol. The van der Waals surface area contributed by atoms with Crippen molar-refractivity contribution in [1.82, 2.24) is 9.55 Å². The molecular weight excluding hydrogens is 438 g/mol. The normalized spacial score (nSPS) is 10.8. The van der Waals surface area contributed by atoms with Crippen LogP contribution < -0.4 is 10.9 Å². The lowest BCUT2D eigenvalue weighted by molar-refractivity contribution is -0.116. The van der Waals surface area contributed by atoms with Crippen molar-refractivity contribution < 1.29 is 14.3 Å². The van der Waals surface area contributed by atoms with E-state index in [1.165, 1.54) is 22.2 Å². The number of ether oxygens (including phenoxy) is 1. The molecule has 0 saturated carbocycles. The van der Waals surface area contributed by atoms with Crippen molar-refractivity contribution in [3.05, 3.63) is 81.7 Å². The number of aryl methyl sites for hydroxylation is 1. The molecule has 0 radical (unpaired) electrons. The van der Waals surface area contributed by atoms with E-state index in [9.17, 15) is 14.4 Å². The Hall–Kier alpha value is -3.78. The van der Waals surface area contributed by atoms with E-state index in [1.807, 2.05) is 43.5 Å². The Kier molecular flexibility index (Phi) is 6.65. The first kappa shape index (κ1) is 22.4. The minimum absolute atomic E-state index is 0.175. The first-order valence-electron chi connectivity index (χ1n) is 10.6. The fourth-order valence-corrected chi connectivity index (χ4v) is 4.26. The van der Waals surface area contributed by atoms with E-state index in [-0.39, 0.29) is 18.0 Å². The number of hydrogen-bond donors (Lipinski definition) is 1. The average Bonchev–Trinajstić information content (AvgIpc) is 3.25. The zero-order valence-electron chi connectivity index (χ0n) is 18.3. The van der Waals surface area contributed by atoms with E-state index in [0.29, 0.717) is 28.1 Å². The van der Waals surface area contributed by atoms with Gasteiger partial charge in [-0.2, -0.15) is 0 Å². The highest BCUT2D eigenvalue weighted by Gasteiger charge is 2.15. The second-order valence-corrected chi connectivity index (χ2v) is 8.49. The SMILES string of the molecule is CCCOC(=O)c1ccc(NC(=O)Cn2cnc3scc(-c4ccc(C)cc4)c3c2=O)cc1. The molecule has 4 rings (SSSR count). The van der Waals surface area contributed by atoms with Crippen molar-refractivity contribution in [2.75, 3.05) is 11.9 Å². The second kappa shape index (κ2) is 9.79. The van der Waals surface area contributed by atoms with Crippen LogP contribution in [-0.4, -0.2) is 28.0 Å². The molecule has 2 heterocycles. The Morgan fingerprint density at radius 1 is 1.09 bits per heavy atom. The number of anilines is 1. The van der Waals surface area contributed by atoms with E-state index in [1.54, 1.807) is 24.3 Å². The zero-order chi connectivity index (χ0) is 23.4. The van der Waals surface area contributed by atoms with Crippen molar-refractivity contribution >= 4 is 39.1 Å². The van der Waals surface area contributed by atoms with Gasteiger partial charge in [-0.25, -0.2) is 9.78 Å². The largest absolute Gasteiger partial charge is 0.462 e. The molecule has 4 aromatic rings. The maximum atomic E-state index is 13.1. The molecule has 0 saturated heterocycles. The Labute approximate surface area is 194 Å². The number of fused-ring (bicyclic) bond motifs is 1. The summed E-state index contributed by atoms with van der Waals surface area (Å²) >= 11 is 1.40. The summed E-state index contributed by atoms with van der Waals surface area (Å²) in [5.41, 5.74) is 3.55. The van der Waals surface area contributed by atoms with Gasteiger partial charge in [0.1, 0.15) is 11.4 Å². The molecule has 0 fully saturated rings. The fraction of sp³-hybridized carbons (Fsp3) is 0.200. The maximum Gasteiger partial charge on any atom is 0.338 e. The molecule has 33 heavy (non-hydrogen) atoms. The molecule has 2 aromatic carbocycles. The zero-order valence-corrected chi connectivity index (χ0v) is 19.1. The van der Waals surface area contributed by atoms with Crippen LogP contribution in [0.4, 0.5) is 5.69 Å². The number of nitrogens with one attached hydrogen (secondary N) is 1. The number of carbonyl (C=O) groups is 2. The molecular formula is C25H23N3O4S. The van der Waals surface area contributed by atoms with Crippen LogP contribution in [0.2, 0.25) is 0 Å². The second-order valence-electron chi connectivity index (χ2n) is 7.63. The van der Waals surface area contributed by atoms with Gasteiger partial charge in [-0.1, -0.05) is 36.8 Å². The molecule has 8 heteroatoms. The van der Waals surface area contributed by atoms with Crippen LogP contribution in [0.3, 0.4) is 0 Å². The van der Waals surface area contributed by atoms with E-state index in [4.69, 9.17) is 4.74 Å². The molecule has 2 aromatic heterocycles. The monoisotopic (exact) mass is 461 g/mol. The summed E-state index contributed by atoms with van der Waals surface area (Å²) in [6.07, 6.45) is 2.14. The number of thiophene rings is 1. The highest BCUT2D eigenvalue weighted by atomic mass is 32.1. The van der Waals surface area contributed by atoms with Gasteiger partial charge in [-0.15, -0.1) is 11.3 Å². The van der Waals surface area contributed by atoms with Crippen LogP contribution in [-0.2, 0) is 16.1 Å². The van der Waals surface area contributed by atoms with Crippen molar-refractivity contribution in [1.29, 1.82) is 0 Å². The summed E-state index contributed by atoms with van der Waals surface area (Å²) in [6, 6.07) is 14.4. The Balaban J connectivity index is 1.51. The highest BCUT2D eigenvalue weighted by Crippen LogP contribution is 2.30. The van der Waals surface area contributed by atoms with E-state index in [2.05, 4.69) is 10.3 Å². The summed E-state index contributed by atoms with van der Waals surface area (Å²) in [4.78, 5) is 42.6. The molecule has 168 valence electrons. The Bertz CT molecular complexity index is 1360. The van der Waals surface area contributed by atoms with Crippen LogP contribution in [0, 0.1) is 6.92 Å². The van der Waals surface area contributed by atoms with Crippen molar-refractivity contribution in [2.24, 2.45) is 0 Å². The fourth-order valence-electron chi connectivity index (χ4n) is 3.35. The molecule has 0 aliphatic carbocycles. The van der Waals surface area contributed by atoms with Gasteiger partial charge in [0, 0.05) is 16.6 Å². The van der Waals surface area contributed by atoms with Gasteiger partial charge in [0.25, 0.3) is 5.56 Å². The molecule has 0 aliphatic heterocycles. The number of esters is 1. The van der Waals surface area contributed by atoms with Crippen LogP contribution >= 0.6 is 11.3 Å². The van der Waals surface area contributed by atoms with Gasteiger partial charge < -0.3 is 10.1 Å². The number of nitrogens with zero attached hydrogens (tertiary/aromatic N) is 2. The maximum absolute atomic E-state index is 13.1. The van der Waals surface area contributed by atoms with Crippen LogP contribution in [0.5, 0.6) is 0 Å². The predicted octanol–water partition coefficient (Wildman–Crippen LogP) is 4.64.